The molecule has 2 spiro atoms. The van der Waals surface area contributed by atoms with Crippen LogP contribution in [0.15, 0.2) is 48.5 Å². The summed E-state index contributed by atoms with van der Waals surface area (Å²) in [6.45, 7) is 0.0122. The van der Waals surface area contributed by atoms with E-state index in [-0.39, 0.29) is 25.0 Å². The molecular formula is C24H25N3O5. The van der Waals surface area contributed by atoms with Crippen molar-refractivity contribution >= 4 is 29.2 Å². The van der Waals surface area contributed by atoms with E-state index in [0.29, 0.717) is 22.5 Å². The second-order valence-electron chi connectivity index (χ2n) is 8.70. The number of likely N-dealkylation sites (N-methyl/N-ethyl adjacent to an activating group) is 2. The molecule has 0 radical (unpaired) electrons. The number of rotatable bonds is 3. The highest BCUT2D eigenvalue weighted by molar-refractivity contribution is 6.20. The maximum atomic E-state index is 14.4. The first kappa shape index (κ1) is 20.7. The number of esters is 1. The maximum Gasteiger partial charge on any atom is 0.317 e. The van der Waals surface area contributed by atoms with Crippen molar-refractivity contribution in [3.05, 3.63) is 59.7 Å². The van der Waals surface area contributed by atoms with E-state index in [1.165, 1.54) is 19.1 Å². The predicted octanol–water partition coefficient (Wildman–Crippen LogP) is 1.50. The van der Waals surface area contributed by atoms with Gasteiger partial charge in [0, 0.05) is 37.6 Å². The molecule has 1 saturated heterocycles. The van der Waals surface area contributed by atoms with Crippen molar-refractivity contribution in [1.82, 2.24) is 4.90 Å². The Morgan fingerprint density at radius 3 is 2.38 bits per heavy atom. The number of nitrogens with one attached hydrogen (secondary N) is 1. The molecule has 5 rings (SSSR count). The molecule has 3 aliphatic rings. The lowest BCUT2D eigenvalue weighted by Gasteiger charge is -2.46. The number of hydrogen-bond donors (Lipinski definition) is 1. The van der Waals surface area contributed by atoms with Crippen molar-refractivity contribution in [3.63, 3.8) is 0 Å². The van der Waals surface area contributed by atoms with Crippen molar-refractivity contribution < 1.29 is 23.9 Å². The van der Waals surface area contributed by atoms with Crippen molar-refractivity contribution in [2.75, 3.05) is 51.7 Å². The molecule has 3 heterocycles. The molecule has 0 aliphatic carbocycles. The fraction of sp³-hybridized carbons (Fsp3) is 0.375. The molecule has 3 aliphatic heterocycles. The first-order valence-electron chi connectivity index (χ1n) is 10.4. The van der Waals surface area contributed by atoms with Crippen LogP contribution in [0.25, 0.3) is 0 Å². The van der Waals surface area contributed by atoms with Crippen molar-refractivity contribution in [1.29, 1.82) is 0 Å². The molecule has 1 N–H and O–H groups in total. The van der Waals surface area contributed by atoms with Gasteiger partial charge in [-0.2, -0.15) is 0 Å². The van der Waals surface area contributed by atoms with Gasteiger partial charge < -0.3 is 19.7 Å². The summed E-state index contributed by atoms with van der Waals surface area (Å²) in [5.74, 6) is -1.27. The van der Waals surface area contributed by atoms with Gasteiger partial charge >= 0.3 is 5.97 Å². The number of methoxy groups -OCH3 is 2. The molecular weight excluding hydrogens is 410 g/mol. The number of anilines is 2. The zero-order chi connectivity index (χ0) is 22.9. The third-order valence-electron chi connectivity index (χ3n) is 7.50. The minimum atomic E-state index is -1.60. The van der Waals surface area contributed by atoms with Crippen LogP contribution in [0.5, 0.6) is 0 Å². The zero-order valence-electron chi connectivity index (χ0n) is 18.5. The smallest absolute Gasteiger partial charge is 0.317 e. The Hall–Kier alpha value is -3.23. The molecule has 8 heteroatoms. The number of likely N-dealkylation sites (tertiary alicyclic amines) is 1. The van der Waals surface area contributed by atoms with E-state index >= 15 is 0 Å². The van der Waals surface area contributed by atoms with Crippen LogP contribution in [0.1, 0.15) is 11.1 Å². The Kier molecular flexibility index (Phi) is 4.28. The molecule has 0 unspecified atom stereocenters. The van der Waals surface area contributed by atoms with Gasteiger partial charge in [0.25, 0.3) is 5.91 Å². The second kappa shape index (κ2) is 6.63. The molecule has 0 aromatic heterocycles. The van der Waals surface area contributed by atoms with Crippen LogP contribution in [-0.2, 0) is 34.8 Å². The third kappa shape index (κ3) is 1.94. The van der Waals surface area contributed by atoms with Crippen LogP contribution in [-0.4, -0.2) is 64.2 Å². The van der Waals surface area contributed by atoms with Gasteiger partial charge in [-0.15, -0.1) is 0 Å². The van der Waals surface area contributed by atoms with Gasteiger partial charge in [-0.3, -0.25) is 19.3 Å². The number of hydrogen-bond acceptors (Lipinski definition) is 6. The predicted molar refractivity (Wildman–Crippen MR) is 117 cm³/mol. The lowest BCUT2D eigenvalue weighted by atomic mass is 9.53. The molecule has 32 heavy (non-hydrogen) atoms. The Bertz CT molecular complexity index is 1170. The lowest BCUT2D eigenvalue weighted by Crippen LogP contribution is -2.67. The highest BCUT2D eigenvalue weighted by Gasteiger charge is 2.84. The van der Waals surface area contributed by atoms with E-state index in [4.69, 9.17) is 9.47 Å². The summed E-state index contributed by atoms with van der Waals surface area (Å²) in [6.07, 6.45) is 0. The number of benzene rings is 2. The minimum absolute atomic E-state index is 0.0882. The molecule has 0 saturated carbocycles. The summed E-state index contributed by atoms with van der Waals surface area (Å²) in [6, 6.07) is 14.7. The van der Waals surface area contributed by atoms with Gasteiger partial charge in [-0.25, -0.2) is 0 Å². The maximum absolute atomic E-state index is 14.4. The minimum Gasteiger partial charge on any atom is -0.468 e. The van der Waals surface area contributed by atoms with Gasteiger partial charge in [-0.1, -0.05) is 36.4 Å². The van der Waals surface area contributed by atoms with E-state index in [1.807, 2.05) is 53.4 Å². The van der Waals surface area contributed by atoms with Crippen molar-refractivity contribution in [2.45, 2.75) is 11.0 Å². The number of fused-ring (bicyclic) bond motifs is 5. The molecule has 2 amide bonds. The molecule has 8 nitrogen and oxygen atoms in total. The first-order chi connectivity index (χ1) is 15.3. The molecule has 2 aromatic carbocycles. The monoisotopic (exact) mass is 435 g/mol. The molecule has 166 valence electrons. The lowest BCUT2D eigenvalue weighted by molar-refractivity contribution is -0.165. The number of para-hydroxylation sites is 2. The van der Waals surface area contributed by atoms with E-state index in [1.54, 1.807) is 14.1 Å². The van der Waals surface area contributed by atoms with Crippen LogP contribution in [0.2, 0.25) is 0 Å². The number of carbonyl (C=O) groups is 3. The molecule has 0 bridgehead atoms. The summed E-state index contributed by atoms with van der Waals surface area (Å²) >= 11 is 0. The number of carbonyl (C=O) groups excluding carboxylic acids is 3. The molecule has 2 aromatic rings. The standard InChI is InChI=1S/C24H25N3O5/c1-26-13-22(14-31-3,21(30)32-4)23(16-10-6-8-12-18(16)27(2)20(23)29)24(26)15-9-5-7-11-17(15)25-19(24)28/h5-12H,13-14H2,1-4H3,(H,25,28)/t22-,23-,24-/m1/s1. The van der Waals surface area contributed by atoms with Crippen LogP contribution >= 0.6 is 0 Å². The Morgan fingerprint density at radius 1 is 1.03 bits per heavy atom. The van der Waals surface area contributed by atoms with Crippen LogP contribution in [0, 0.1) is 5.41 Å². The topological polar surface area (TPSA) is 88.2 Å². The third-order valence-corrected chi connectivity index (χ3v) is 7.50. The fourth-order valence-corrected chi connectivity index (χ4v) is 6.51. The average molecular weight is 435 g/mol. The van der Waals surface area contributed by atoms with Gasteiger partial charge in [0.1, 0.15) is 16.4 Å². The van der Waals surface area contributed by atoms with Gasteiger partial charge in [0.15, 0.2) is 0 Å². The van der Waals surface area contributed by atoms with Gasteiger partial charge in [0.05, 0.1) is 13.7 Å². The number of nitrogens with zero attached hydrogens (tertiary/aromatic N) is 2. The van der Waals surface area contributed by atoms with E-state index in [0.717, 1.165) is 0 Å². The van der Waals surface area contributed by atoms with Gasteiger partial charge in [0.2, 0.25) is 5.91 Å². The van der Waals surface area contributed by atoms with Crippen LogP contribution < -0.4 is 10.2 Å². The summed E-state index contributed by atoms with van der Waals surface area (Å²) in [4.78, 5) is 45.4. The Morgan fingerprint density at radius 2 is 1.69 bits per heavy atom. The quantitative estimate of drug-likeness (QED) is 0.736. The Labute approximate surface area is 186 Å². The summed E-state index contributed by atoms with van der Waals surface area (Å²) in [5, 5.41) is 2.97. The average Bonchev–Trinajstić information content (AvgIpc) is 3.32. The summed E-state index contributed by atoms with van der Waals surface area (Å²) < 4.78 is 10.9. The van der Waals surface area contributed by atoms with Crippen LogP contribution in [0.3, 0.4) is 0 Å². The molecule has 3 atom stereocenters. The number of amides is 2. The van der Waals surface area contributed by atoms with Crippen molar-refractivity contribution in [2.24, 2.45) is 5.41 Å². The van der Waals surface area contributed by atoms with E-state index in [9.17, 15) is 14.4 Å². The zero-order valence-corrected chi connectivity index (χ0v) is 18.5. The number of ether oxygens (including phenoxy) is 2. The van der Waals surface area contributed by atoms with Crippen molar-refractivity contribution in [3.8, 4) is 0 Å². The van der Waals surface area contributed by atoms with E-state index in [2.05, 4.69) is 5.32 Å². The summed E-state index contributed by atoms with van der Waals surface area (Å²) in [5.41, 5.74) is -1.96. The largest absolute Gasteiger partial charge is 0.468 e. The van der Waals surface area contributed by atoms with E-state index < -0.39 is 22.3 Å². The fourth-order valence-electron chi connectivity index (χ4n) is 6.51. The SMILES string of the molecule is COC[C@@]1(C(=O)OC)CN(C)[C@]2(C(=O)Nc3ccccc32)[C@]12C(=O)N(C)c1ccccc12. The summed E-state index contributed by atoms with van der Waals surface area (Å²) in [7, 11) is 6.24. The first-order valence-corrected chi connectivity index (χ1v) is 10.4. The highest BCUT2D eigenvalue weighted by atomic mass is 16.5. The highest BCUT2D eigenvalue weighted by Crippen LogP contribution is 2.68. The normalized spacial score (nSPS) is 30.7. The second-order valence-corrected chi connectivity index (χ2v) is 8.70. The molecule has 1 fully saturated rings. The Balaban J connectivity index is 2.00. The van der Waals surface area contributed by atoms with Gasteiger partial charge in [-0.05, 0) is 24.7 Å². The van der Waals surface area contributed by atoms with Crippen LogP contribution in [0.4, 0.5) is 11.4 Å².